The maximum absolute atomic E-state index is 3.48. The second-order valence-corrected chi connectivity index (χ2v) is 7.48. The molecule has 0 aromatic carbocycles. The van der Waals surface area contributed by atoms with Gasteiger partial charge in [-0.2, -0.15) is 0 Å². The van der Waals surface area contributed by atoms with Gasteiger partial charge in [-0.25, -0.2) is 0 Å². The molecule has 0 amide bonds. The summed E-state index contributed by atoms with van der Waals surface area (Å²) in [7, 11) is 2.12. The third kappa shape index (κ3) is 5.73. The number of nitrogens with zero attached hydrogens (tertiary/aromatic N) is 1. The van der Waals surface area contributed by atoms with Crippen LogP contribution in [0.1, 0.15) is 72.6 Å². The van der Waals surface area contributed by atoms with E-state index in [0.29, 0.717) is 11.5 Å². The Bertz CT molecular complexity index is 242. The van der Waals surface area contributed by atoms with Crippen molar-refractivity contribution in [3.63, 3.8) is 0 Å². The monoisotopic (exact) mass is 282 g/mol. The fourth-order valence-corrected chi connectivity index (χ4v) is 3.66. The molecule has 2 nitrogen and oxygen atoms in total. The number of hydrogen-bond acceptors (Lipinski definition) is 2. The quantitative estimate of drug-likeness (QED) is 0.634. The highest BCUT2D eigenvalue weighted by Gasteiger charge is 2.35. The highest BCUT2D eigenvalue weighted by Crippen LogP contribution is 2.39. The first-order valence-electron chi connectivity index (χ1n) is 8.91. The molecule has 0 unspecified atom stereocenters. The molecule has 1 aliphatic carbocycles. The average Bonchev–Trinajstić information content (AvgIpc) is 2.41. The van der Waals surface area contributed by atoms with Crippen molar-refractivity contribution in [1.82, 2.24) is 10.2 Å². The lowest BCUT2D eigenvalue weighted by atomic mass is 9.70. The zero-order valence-electron chi connectivity index (χ0n) is 14.7. The van der Waals surface area contributed by atoms with Crippen LogP contribution in [0.2, 0.25) is 0 Å². The Morgan fingerprint density at radius 2 is 1.85 bits per heavy atom. The molecule has 0 heterocycles. The Kier molecular flexibility index (Phi) is 8.13. The van der Waals surface area contributed by atoms with Gasteiger partial charge in [0.25, 0.3) is 0 Å². The molecule has 0 aromatic rings. The van der Waals surface area contributed by atoms with E-state index in [2.05, 4.69) is 45.0 Å². The molecule has 20 heavy (non-hydrogen) atoms. The van der Waals surface area contributed by atoms with Crippen LogP contribution in [0.4, 0.5) is 0 Å². The first-order chi connectivity index (χ1) is 9.53. The summed E-state index contributed by atoms with van der Waals surface area (Å²) in [6.45, 7) is 13.2. The van der Waals surface area contributed by atoms with E-state index in [0.717, 1.165) is 5.92 Å². The van der Waals surface area contributed by atoms with Crippen LogP contribution >= 0.6 is 0 Å². The van der Waals surface area contributed by atoms with E-state index < -0.39 is 0 Å². The van der Waals surface area contributed by atoms with Crippen molar-refractivity contribution in [3.05, 3.63) is 0 Å². The molecule has 0 bridgehead atoms. The first-order valence-corrected chi connectivity index (χ1v) is 8.91. The van der Waals surface area contributed by atoms with Gasteiger partial charge in [-0.3, -0.25) is 0 Å². The normalized spacial score (nSPS) is 27.4. The summed E-state index contributed by atoms with van der Waals surface area (Å²) in [5.41, 5.74) is 0.526. The highest BCUT2D eigenvalue weighted by atomic mass is 15.2. The van der Waals surface area contributed by atoms with Crippen LogP contribution in [0.25, 0.3) is 0 Å². The summed E-state index contributed by atoms with van der Waals surface area (Å²) >= 11 is 0. The summed E-state index contributed by atoms with van der Waals surface area (Å²) in [5, 5.41) is 3.48. The molecule has 0 radical (unpaired) electrons. The van der Waals surface area contributed by atoms with Gasteiger partial charge >= 0.3 is 0 Å². The lowest BCUT2D eigenvalue weighted by molar-refractivity contribution is 0.0709. The number of unbranched alkanes of at least 4 members (excludes halogenated alkanes) is 2. The highest BCUT2D eigenvalue weighted by molar-refractivity contribution is 4.89. The molecule has 1 rings (SSSR count). The zero-order valence-corrected chi connectivity index (χ0v) is 14.7. The van der Waals surface area contributed by atoms with Crippen molar-refractivity contribution >= 4 is 0 Å². The van der Waals surface area contributed by atoms with E-state index in [-0.39, 0.29) is 0 Å². The van der Waals surface area contributed by atoms with Crippen LogP contribution in [0, 0.1) is 11.3 Å². The minimum Gasteiger partial charge on any atom is -0.319 e. The van der Waals surface area contributed by atoms with E-state index >= 15 is 0 Å². The lowest BCUT2D eigenvalue weighted by Gasteiger charge is -2.44. The molecule has 120 valence electrons. The van der Waals surface area contributed by atoms with E-state index in [1.165, 1.54) is 64.6 Å². The predicted molar refractivity (Wildman–Crippen MR) is 90.2 cm³/mol. The van der Waals surface area contributed by atoms with Gasteiger partial charge in [0, 0.05) is 19.1 Å². The SMILES string of the molecule is CCCCCN(CC1(CNC)CCC(C)CC1)C(C)C. The van der Waals surface area contributed by atoms with Crippen LogP contribution in [0.5, 0.6) is 0 Å². The van der Waals surface area contributed by atoms with Crippen molar-refractivity contribution in [3.8, 4) is 0 Å². The molecular formula is C18H38N2. The van der Waals surface area contributed by atoms with Gasteiger partial charge < -0.3 is 10.2 Å². The third-order valence-corrected chi connectivity index (χ3v) is 5.20. The van der Waals surface area contributed by atoms with E-state index in [1.54, 1.807) is 0 Å². The van der Waals surface area contributed by atoms with Crippen LogP contribution in [-0.4, -0.2) is 37.6 Å². The maximum atomic E-state index is 3.48. The number of hydrogen-bond donors (Lipinski definition) is 1. The topological polar surface area (TPSA) is 15.3 Å². The largest absolute Gasteiger partial charge is 0.319 e. The van der Waals surface area contributed by atoms with Gasteiger partial charge in [0.05, 0.1) is 0 Å². The molecule has 0 aromatic heterocycles. The molecule has 1 aliphatic rings. The maximum Gasteiger partial charge on any atom is 0.00528 e. The van der Waals surface area contributed by atoms with E-state index in [4.69, 9.17) is 0 Å². The lowest BCUT2D eigenvalue weighted by Crippen LogP contribution is -2.47. The first kappa shape index (κ1) is 18.0. The van der Waals surface area contributed by atoms with Crippen LogP contribution in [0.15, 0.2) is 0 Å². The molecule has 2 heteroatoms. The fourth-order valence-electron chi connectivity index (χ4n) is 3.66. The smallest absolute Gasteiger partial charge is 0.00528 e. The molecule has 0 saturated heterocycles. The molecule has 0 spiro atoms. The second kappa shape index (κ2) is 9.04. The average molecular weight is 283 g/mol. The molecule has 1 N–H and O–H groups in total. The van der Waals surface area contributed by atoms with Crippen LogP contribution in [0.3, 0.4) is 0 Å². The number of nitrogens with one attached hydrogen (secondary N) is 1. The zero-order chi connectivity index (χ0) is 15.0. The summed E-state index contributed by atoms with van der Waals surface area (Å²) in [4.78, 5) is 2.74. The molecule has 1 fully saturated rings. The Hall–Kier alpha value is -0.0800. The van der Waals surface area contributed by atoms with Gasteiger partial charge in [0.15, 0.2) is 0 Å². The summed E-state index contributed by atoms with van der Waals surface area (Å²) in [6, 6.07) is 0.680. The minimum absolute atomic E-state index is 0.526. The molecule has 0 atom stereocenters. The van der Waals surface area contributed by atoms with E-state index in [1.807, 2.05) is 0 Å². The molecule has 1 saturated carbocycles. The minimum atomic E-state index is 0.526. The molecular weight excluding hydrogens is 244 g/mol. The predicted octanol–water partition coefficient (Wildman–Crippen LogP) is 4.30. The summed E-state index contributed by atoms with van der Waals surface area (Å²) in [6.07, 6.45) is 9.72. The summed E-state index contributed by atoms with van der Waals surface area (Å²) < 4.78 is 0. The van der Waals surface area contributed by atoms with Gasteiger partial charge in [-0.05, 0) is 58.0 Å². The summed E-state index contributed by atoms with van der Waals surface area (Å²) in [5.74, 6) is 0.938. The van der Waals surface area contributed by atoms with Crippen molar-refractivity contribution in [1.29, 1.82) is 0 Å². The van der Waals surface area contributed by atoms with Gasteiger partial charge in [-0.15, -0.1) is 0 Å². The standard InChI is InChI=1S/C18H38N2/c1-6-7-8-13-20(16(2)3)15-18(14-19-5)11-9-17(4)10-12-18/h16-17,19H,6-15H2,1-5H3. The third-order valence-electron chi connectivity index (χ3n) is 5.20. The van der Waals surface area contributed by atoms with Gasteiger partial charge in [0.1, 0.15) is 0 Å². The van der Waals surface area contributed by atoms with Crippen LogP contribution < -0.4 is 5.32 Å². The Labute approximate surface area is 127 Å². The van der Waals surface area contributed by atoms with Crippen molar-refractivity contribution in [2.75, 3.05) is 26.7 Å². The van der Waals surface area contributed by atoms with Crippen molar-refractivity contribution in [2.24, 2.45) is 11.3 Å². The van der Waals surface area contributed by atoms with Gasteiger partial charge in [0.2, 0.25) is 0 Å². The van der Waals surface area contributed by atoms with Crippen LogP contribution in [-0.2, 0) is 0 Å². The number of rotatable bonds is 9. The van der Waals surface area contributed by atoms with Crippen molar-refractivity contribution in [2.45, 2.75) is 78.7 Å². The second-order valence-electron chi connectivity index (χ2n) is 7.48. The Morgan fingerprint density at radius 1 is 1.20 bits per heavy atom. The van der Waals surface area contributed by atoms with E-state index in [9.17, 15) is 0 Å². The van der Waals surface area contributed by atoms with Gasteiger partial charge in [-0.1, -0.05) is 39.5 Å². The molecule has 0 aliphatic heterocycles. The Balaban J connectivity index is 2.60. The Morgan fingerprint density at radius 3 is 2.35 bits per heavy atom. The van der Waals surface area contributed by atoms with Crippen molar-refractivity contribution < 1.29 is 0 Å². The fraction of sp³-hybridized carbons (Fsp3) is 1.00.